The third kappa shape index (κ3) is 6.93. The highest BCUT2D eigenvalue weighted by atomic mass is 19.4. The maximum Gasteiger partial charge on any atom is 0.423 e. The summed E-state index contributed by atoms with van der Waals surface area (Å²) in [7, 11) is 0. The minimum absolute atomic E-state index is 0.0501. The largest absolute Gasteiger partial charge is 0.423 e. The zero-order valence-electron chi connectivity index (χ0n) is 20.9. The molecule has 1 amide bonds. The highest BCUT2D eigenvalue weighted by molar-refractivity contribution is 5.78. The van der Waals surface area contributed by atoms with Gasteiger partial charge in [0.05, 0.1) is 4.92 Å². The fraction of sp³-hybridized carbons (Fsp3) is 0.519. The van der Waals surface area contributed by atoms with Gasteiger partial charge in [-0.05, 0) is 75.6 Å². The molecule has 10 heteroatoms. The van der Waals surface area contributed by atoms with Gasteiger partial charge in [0.25, 0.3) is 5.69 Å². The molecule has 200 valence electrons. The molecular weight excluding hydrogens is 485 g/mol. The number of benzene rings is 2. The number of halogens is 3. The van der Waals surface area contributed by atoms with E-state index < -0.39 is 22.4 Å². The average Bonchev–Trinajstić information content (AvgIpc) is 2.88. The number of carbonyl (C=O) groups excluding carboxylic acids is 1. The van der Waals surface area contributed by atoms with E-state index in [-0.39, 0.29) is 23.6 Å². The van der Waals surface area contributed by atoms with E-state index in [2.05, 4.69) is 46.7 Å². The fourth-order valence-electron chi connectivity index (χ4n) is 5.29. The molecule has 0 bridgehead atoms. The zero-order chi connectivity index (χ0) is 26.6. The minimum atomic E-state index is -4.81. The first-order chi connectivity index (χ1) is 17.6. The van der Waals surface area contributed by atoms with Crippen molar-refractivity contribution in [1.29, 1.82) is 0 Å². The number of aryl methyl sites for hydroxylation is 1. The summed E-state index contributed by atoms with van der Waals surface area (Å²) in [6, 6.07) is 11.4. The molecule has 0 unspecified atom stereocenters. The molecule has 2 fully saturated rings. The monoisotopic (exact) mass is 518 g/mol. The van der Waals surface area contributed by atoms with Gasteiger partial charge >= 0.3 is 6.18 Å². The quantitative estimate of drug-likeness (QED) is 0.351. The molecular formula is C27H33F3N4O3. The Hall–Kier alpha value is -3.30. The van der Waals surface area contributed by atoms with E-state index in [1.807, 2.05) is 0 Å². The molecule has 37 heavy (non-hydrogen) atoms. The van der Waals surface area contributed by atoms with Gasteiger partial charge in [-0.2, -0.15) is 13.2 Å². The molecule has 1 heterocycles. The molecule has 0 aromatic heterocycles. The molecule has 0 radical (unpaired) electrons. The smallest absolute Gasteiger partial charge is 0.382 e. The van der Waals surface area contributed by atoms with Crippen LogP contribution in [0.1, 0.15) is 49.7 Å². The minimum Gasteiger partial charge on any atom is -0.382 e. The van der Waals surface area contributed by atoms with Crippen LogP contribution in [0.15, 0.2) is 42.5 Å². The van der Waals surface area contributed by atoms with Crippen LogP contribution in [-0.4, -0.2) is 36.5 Å². The molecule has 1 aliphatic carbocycles. The summed E-state index contributed by atoms with van der Waals surface area (Å²) in [5, 5.41) is 17.1. The molecule has 1 aliphatic heterocycles. The van der Waals surface area contributed by atoms with E-state index in [1.54, 1.807) is 0 Å². The van der Waals surface area contributed by atoms with Gasteiger partial charge in [0.2, 0.25) is 5.91 Å². The standard InChI is InChI=1S/C27H33F3N4O3/c1-18-2-9-23(10-3-18)33-14-12-19(13-15-33)17-31-26(35)20-4-6-21(7-5-20)32-22-8-11-25(34(36)37)24(16-22)27(28,29)30/h2-3,8-11,16,19-21,32H,4-7,12-15,17H2,1H3,(H,31,35). The number of nitrogens with one attached hydrogen (secondary N) is 2. The number of hydrogen-bond acceptors (Lipinski definition) is 5. The van der Waals surface area contributed by atoms with Gasteiger partial charge in [-0.15, -0.1) is 0 Å². The maximum absolute atomic E-state index is 13.2. The van der Waals surface area contributed by atoms with E-state index in [1.165, 1.54) is 17.3 Å². The van der Waals surface area contributed by atoms with Gasteiger partial charge in [0.1, 0.15) is 5.56 Å². The Bertz CT molecular complexity index is 1090. The Labute approximate surface area is 214 Å². The molecule has 0 atom stereocenters. The van der Waals surface area contributed by atoms with Crippen molar-refractivity contribution in [2.45, 2.75) is 57.7 Å². The second-order valence-electron chi connectivity index (χ2n) is 10.2. The van der Waals surface area contributed by atoms with Crippen molar-refractivity contribution in [2.75, 3.05) is 29.9 Å². The first-order valence-corrected chi connectivity index (χ1v) is 12.8. The van der Waals surface area contributed by atoms with Gasteiger partial charge in [0.15, 0.2) is 0 Å². The van der Waals surface area contributed by atoms with Crippen molar-refractivity contribution in [2.24, 2.45) is 11.8 Å². The van der Waals surface area contributed by atoms with Gasteiger partial charge in [-0.1, -0.05) is 17.7 Å². The summed E-state index contributed by atoms with van der Waals surface area (Å²) in [5.74, 6) is 0.399. The van der Waals surface area contributed by atoms with Crippen molar-refractivity contribution in [3.05, 3.63) is 63.7 Å². The van der Waals surface area contributed by atoms with E-state index >= 15 is 0 Å². The van der Waals surface area contributed by atoms with Crippen molar-refractivity contribution in [1.82, 2.24) is 5.32 Å². The second-order valence-corrected chi connectivity index (χ2v) is 10.2. The van der Waals surface area contributed by atoms with Crippen LogP contribution in [0.2, 0.25) is 0 Å². The summed E-state index contributed by atoms with van der Waals surface area (Å²) in [6.45, 7) is 4.69. The average molecular weight is 519 g/mol. The van der Waals surface area contributed by atoms with Gasteiger partial charge < -0.3 is 15.5 Å². The number of piperidine rings is 1. The van der Waals surface area contributed by atoms with Crippen LogP contribution in [0.3, 0.4) is 0 Å². The highest BCUT2D eigenvalue weighted by Gasteiger charge is 2.38. The van der Waals surface area contributed by atoms with Crippen molar-refractivity contribution in [3.8, 4) is 0 Å². The molecule has 2 aromatic rings. The Morgan fingerprint density at radius 3 is 2.27 bits per heavy atom. The fourth-order valence-corrected chi connectivity index (χ4v) is 5.29. The predicted octanol–water partition coefficient (Wildman–Crippen LogP) is 5.93. The summed E-state index contributed by atoms with van der Waals surface area (Å²) in [5.41, 5.74) is 0.456. The normalized spacial score (nSPS) is 20.9. The number of anilines is 2. The van der Waals surface area contributed by atoms with E-state index in [4.69, 9.17) is 0 Å². The summed E-state index contributed by atoms with van der Waals surface area (Å²) >= 11 is 0. The van der Waals surface area contributed by atoms with Gasteiger partial charge in [0, 0.05) is 49.0 Å². The molecule has 2 N–H and O–H groups in total. The lowest BCUT2D eigenvalue weighted by molar-refractivity contribution is -0.388. The van der Waals surface area contributed by atoms with Crippen LogP contribution >= 0.6 is 0 Å². The SMILES string of the molecule is Cc1ccc(N2CCC(CNC(=O)C3CCC(Nc4ccc([N+](=O)[O-])c(C(F)(F)F)c4)CC3)CC2)cc1. The summed E-state index contributed by atoms with van der Waals surface area (Å²) in [4.78, 5) is 25.1. The van der Waals surface area contributed by atoms with Crippen molar-refractivity contribution < 1.29 is 22.9 Å². The molecule has 2 aromatic carbocycles. The Morgan fingerprint density at radius 2 is 1.68 bits per heavy atom. The van der Waals surface area contributed by atoms with Crippen LogP contribution in [0.4, 0.5) is 30.2 Å². The number of nitrogens with zero attached hydrogens (tertiary/aromatic N) is 2. The topological polar surface area (TPSA) is 87.5 Å². The van der Waals surface area contributed by atoms with Crippen LogP contribution < -0.4 is 15.5 Å². The third-order valence-electron chi connectivity index (χ3n) is 7.55. The second kappa shape index (κ2) is 11.4. The highest BCUT2D eigenvalue weighted by Crippen LogP contribution is 2.38. The molecule has 1 saturated heterocycles. The van der Waals surface area contributed by atoms with E-state index in [0.717, 1.165) is 38.1 Å². The Kier molecular flexibility index (Phi) is 8.24. The summed E-state index contributed by atoms with van der Waals surface area (Å²) < 4.78 is 39.7. The van der Waals surface area contributed by atoms with Gasteiger partial charge in [-0.25, -0.2) is 0 Å². The zero-order valence-corrected chi connectivity index (χ0v) is 20.9. The number of amides is 1. The molecule has 0 spiro atoms. The Morgan fingerprint density at radius 1 is 1.03 bits per heavy atom. The van der Waals surface area contributed by atoms with Crippen LogP contribution in [0.5, 0.6) is 0 Å². The van der Waals surface area contributed by atoms with Crippen molar-refractivity contribution in [3.63, 3.8) is 0 Å². The number of nitro groups is 1. The van der Waals surface area contributed by atoms with Gasteiger partial charge in [-0.3, -0.25) is 14.9 Å². The lowest BCUT2D eigenvalue weighted by Crippen LogP contribution is -2.41. The maximum atomic E-state index is 13.2. The first-order valence-electron chi connectivity index (χ1n) is 12.8. The molecule has 2 aliphatic rings. The lowest BCUT2D eigenvalue weighted by atomic mass is 9.85. The van der Waals surface area contributed by atoms with Crippen LogP contribution in [0, 0.1) is 28.9 Å². The van der Waals surface area contributed by atoms with E-state index in [9.17, 15) is 28.1 Å². The number of alkyl halides is 3. The predicted molar refractivity (Wildman–Crippen MR) is 137 cm³/mol. The number of hydrogen-bond donors (Lipinski definition) is 2. The number of rotatable bonds is 7. The summed E-state index contributed by atoms with van der Waals surface area (Å²) in [6.07, 6.45) is -0.174. The molecule has 7 nitrogen and oxygen atoms in total. The van der Waals surface area contributed by atoms with Crippen LogP contribution in [0.25, 0.3) is 0 Å². The number of carbonyl (C=O) groups is 1. The first kappa shape index (κ1) is 26.8. The van der Waals surface area contributed by atoms with Crippen LogP contribution in [-0.2, 0) is 11.0 Å². The third-order valence-corrected chi connectivity index (χ3v) is 7.55. The lowest BCUT2D eigenvalue weighted by Gasteiger charge is -2.34. The van der Waals surface area contributed by atoms with Crippen molar-refractivity contribution >= 4 is 23.0 Å². The molecule has 1 saturated carbocycles. The number of nitro benzene ring substituents is 1. The van der Waals surface area contributed by atoms with E-state index in [0.29, 0.717) is 38.1 Å². The molecule has 4 rings (SSSR count). The Balaban J connectivity index is 1.20.